The van der Waals surface area contributed by atoms with Gasteiger partial charge in [-0.05, 0) is 35.7 Å². The minimum absolute atomic E-state index is 0.146. The van der Waals surface area contributed by atoms with Crippen molar-refractivity contribution in [3.8, 4) is 5.75 Å². The summed E-state index contributed by atoms with van der Waals surface area (Å²) in [6.45, 7) is 2.94. The van der Waals surface area contributed by atoms with E-state index in [0.717, 1.165) is 16.7 Å². The van der Waals surface area contributed by atoms with E-state index in [2.05, 4.69) is 14.6 Å². The molecule has 5 rings (SSSR count). The highest BCUT2D eigenvalue weighted by Gasteiger charge is 2.32. The van der Waals surface area contributed by atoms with E-state index in [1.165, 1.54) is 12.1 Å². The fourth-order valence-corrected chi connectivity index (χ4v) is 5.03. The van der Waals surface area contributed by atoms with Crippen molar-refractivity contribution in [1.29, 1.82) is 0 Å². The van der Waals surface area contributed by atoms with Crippen LogP contribution in [0.15, 0.2) is 89.7 Å². The highest BCUT2D eigenvalue weighted by atomic mass is 19.4. The molecule has 2 N–H and O–H groups in total. The second kappa shape index (κ2) is 10.3. The molecule has 0 bridgehead atoms. The first-order chi connectivity index (χ1) is 18.2. The number of anilines is 1. The number of fused-ring (bicyclic) bond motifs is 1. The van der Waals surface area contributed by atoms with Gasteiger partial charge >= 0.3 is 6.36 Å². The minimum atomic E-state index is -4.74. The summed E-state index contributed by atoms with van der Waals surface area (Å²) in [5.41, 5.74) is 10.1. The largest absolute Gasteiger partial charge is 0.573 e. The summed E-state index contributed by atoms with van der Waals surface area (Å²) >= 11 is 0. The lowest BCUT2D eigenvalue weighted by atomic mass is 9.97. The Morgan fingerprint density at radius 2 is 1.47 bits per heavy atom. The fourth-order valence-electron chi connectivity index (χ4n) is 5.03. The lowest BCUT2D eigenvalue weighted by Crippen LogP contribution is -2.41. The van der Waals surface area contributed by atoms with Crippen molar-refractivity contribution in [2.45, 2.75) is 38.3 Å². The van der Waals surface area contributed by atoms with Crippen LogP contribution in [0.25, 0.3) is 0 Å². The van der Waals surface area contributed by atoms with Crippen molar-refractivity contribution in [3.63, 3.8) is 0 Å². The maximum atomic E-state index is 14.0. The van der Waals surface area contributed by atoms with Crippen LogP contribution in [0.4, 0.5) is 19.1 Å². The molecule has 0 saturated heterocycles. The predicted molar refractivity (Wildman–Crippen MR) is 139 cm³/mol. The Kier molecular flexibility index (Phi) is 6.94. The lowest BCUT2D eigenvalue weighted by Gasteiger charge is -2.34. The average molecular weight is 521 g/mol. The topological polar surface area (TPSA) is 73.4 Å². The predicted octanol–water partition coefficient (Wildman–Crippen LogP) is 5.48. The van der Waals surface area contributed by atoms with Crippen molar-refractivity contribution < 1.29 is 17.9 Å². The highest BCUT2D eigenvalue weighted by molar-refractivity contribution is 5.39. The van der Waals surface area contributed by atoms with Gasteiger partial charge in [-0.25, -0.2) is 4.98 Å². The van der Waals surface area contributed by atoms with Gasteiger partial charge in [0.25, 0.3) is 5.56 Å². The summed E-state index contributed by atoms with van der Waals surface area (Å²) in [6, 6.07) is 24.6. The molecule has 38 heavy (non-hydrogen) atoms. The number of halogens is 3. The van der Waals surface area contributed by atoms with Crippen LogP contribution in [0.1, 0.15) is 47.0 Å². The van der Waals surface area contributed by atoms with Crippen molar-refractivity contribution in [2.75, 3.05) is 12.3 Å². The zero-order valence-electron chi connectivity index (χ0n) is 20.7. The van der Waals surface area contributed by atoms with Gasteiger partial charge in [0.2, 0.25) is 5.95 Å². The van der Waals surface area contributed by atoms with E-state index in [1.54, 1.807) is 16.7 Å². The van der Waals surface area contributed by atoms with E-state index in [9.17, 15) is 18.0 Å². The first kappa shape index (κ1) is 25.5. The van der Waals surface area contributed by atoms with Gasteiger partial charge in [0.1, 0.15) is 5.75 Å². The van der Waals surface area contributed by atoms with Gasteiger partial charge in [0, 0.05) is 25.6 Å². The SMILES string of the molecule is CC(c1ccc(OC(F)(F)F)cc1)N1CCc2nc(N)n(C(c3ccccc3)c3ccccc3)c(=O)c2C1. The van der Waals surface area contributed by atoms with Gasteiger partial charge in [0.15, 0.2) is 0 Å². The van der Waals surface area contributed by atoms with Crippen molar-refractivity contribution >= 4 is 5.95 Å². The number of benzene rings is 3. The normalized spacial score (nSPS) is 14.8. The third kappa shape index (κ3) is 5.28. The summed E-state index contributed by atoms with van der Waals surface area (Å²) in [7, 11) is 0. The number of nitrogens with zero attached hydrogens (tertiary/aromatic N) is 3. The molecule has 0 fully saturated rings. The molecule has 0 radical (unpaired) electrons. The van der Waals surface area contributed by atoms with E-state index in [4.69, 9.17) is 5.73 Å². The van der Waals surface area contributed by atoms with Crippen LogP contribution in [-0.4, -0.2) is 27.4 Å². The number of aromatic nitrogens is 2. The van der Waals surface area contributed by atoms with Crippen LogP contribution in [0.2, 0.25) is 0 Å². The number of hydrogen-bond donors (Lipinski definition) is 1. The van der Waals surface area contributed by atoms with Crippen molar-refractivity contribution in [1.82, 2.24) is 14.5 Å². The molecule has 3 aromatic carbocycles. The minimum Gasteiger partial charge on any atom is -0.406 e. The Morgan fingerprint density at radius 1 is 0.895 bits per heavy atom. The van der Waals surface area contributed by atoms with E-state index >= 15 is 0 Å². The van der Waals surface area contributed by atoms with E-state index < -0.39 is 12.4 Å². The van der Waals surface area contributed by atoms with E-state index in [-0.39, 0.29) is 23.3 Å². The maximum absolute atomic E-state index is 14.0. The molecule has 0 amide bonds. The lowest BCUT2D eigenvalue weighted by molar-refractivity contribution is -0.274. The highest BCUT2D eigenvalue weighted by Crippen LogP contribution is 2.31. The first-order valence-corrected chi connectivity index (χ1v) is 12.3. The van der Waals surface area contributed by atoms with Crippen LogP contribution in [0, 0.1) is 0 Å². The number of ether oxygens (including phenoxy) is 1. The van der Waals surface area contributed by atoms with E-state index in [1.807, 2.05) is 67.6 Å². The molecule has 0 saturated carbocycles. The third-order valence-corrected chi connectivity index (χ3v) is 6.95. The summed E-state index contributed by atoms with van der Waals surface area (Å²) in [5, 5.41) is 0. The van der Waals surface area contributed by atoms with Gasteiger partial charge in [0.05, 0.1) is 17.3 Å². The maximum Gasteiger partial charge on any atom is 0.573 e. The third-order valence-electron chi connectivity index (χ3n) is 6.95. The van der Waals surface area contributed by atoms with Gasteiger partial charge in [-0.2, -0.15) is 0 Å². The first-order valence-electron chi connectivity index (χ1n) is 12.3. The van der Waals surface area contributed by atoms with Gasteiger partial charge in [-0.3, -0.25) is 14.3 Å². The molecule has 6 nitrogen and oxygen atoms in total. The van der Waals surface area contributed by atoms with Crippen LogP contribution in [0.3, 0.4) is 0 Å². The molecular formula is C29H27F3N4O2. The quantitative estimate of drug-likeness (QED) is 0.365. The molecule has 1 unspecified atom stereocenters. The number of alkyl halides is 3. The molecule has 9 heteroatoms. The number of rotatable bonds is 6. The number of nitrogen functional groups attached to an aromatic ring is 1. The number of nitrogens with two attached hydrogens (primary N) is 1. The molecule has 1 aliphatic rings. The summed E-state index contributed by atoms with van der Waals surface area (Å²) in [6.07, 6.45) is -4.20. The van der Waals surface area contributed by atoms with Crippen LogP contribution >= 0.6 is 0 Å². The fraction of sp³-hybridized carbons (Fsp3) is 0.241. The van der Waals surface area contributed by atoms with E-state index in [0.29, 0.717) is 30.8 Å². The summed E-state index contributed by atoms with van der Waals surface area (Å²) in [4.78, 5) is 20.8. The van der Waals surface area contributed by atoms with Gasteiger partial charge < -0.3 is 10.5 Å². The zero-order valence-corrected chi connectivity index (χ0v) is 20.7. The van der Waals surface area contributed by atoms with Crippen LogP contribution in [0.5, 0.6) is 5.75 Å². The van der Waals surface area contributed by atoms with Crippen molar-refractivity contribution in [3.05, 3.63) is 123 Å². The molecule has 0 aliphatic carbocycles. The average Bonchev–Trinajstić information content (AvgIpc) is 2.91. The van der Waals surface area contributed by atoms with Gasteiger partial charge in [-0.1, -0.05) is 72.8 Å². The van der Waals surface area contributed by atoms with Crippen molar-refractivity contribution in [2.24, 2.45) is 0 Å². The zero-order chi connectivity index (χ0) is 26.9. The Labute approximate surface area is 218 Å². The molecule has 0 spiro atoms. The van der Waals surface area contributed by atoms with Gasteiger partial charge in [-0.15, -0.1) is 13.2 Å². The molecule has 2 heterocycles. The monoisotopic (exact) mass is 520 g/mol. The Bertz CT molecular complexity index is 1420. The molecule has 196 valence electrons. The van der Waals surface area contributed by atoms with Crippen LogP contribution < -0.4 is 16.0 Å². The number of hydrogen-bond acceptors (Lipinski definition) is 5. The molecule has 1 aromatic heterocycles. The standard InChI is InChI=1S/C29H27F3N4O2/c1-19(20-12-14-23(15-13-20)38-29(30,31)32)35-17-16-25-24(18-35)27(37)36(28(33)34-25)26(21-8-4-2-5-9-21)22-10-6-3-7-11-22/h2-15,19,26H,16-18H2,1H3,(H2,33,34). The smallest absolute Gasteiger partial charge is 0.406 e. The molecule has 1 aliphatic heterocycles. The Balaban J connectivity index is 1.48. The summed E-state index contributed by atoms with van der Waals surface area (Å²) < 4.78 is 43.1. The molecule has 4 aromatic rings. The molecule has 1 atom stereocenters. The molecular weight excluding hydrogens is 493 g/mol. The Morgan fingerprint density at radius 3 is 2.03 bits per heavy atom. The Hall–Kier alpha value is -4.11. The second-order valence-corrected chi connectivity index (χ2v) is 9.31. The van der Waals surface area contributed by atoms with Crippen LogP contribution in [-0.2, 0) is 13.0 Å². The second-order valence-electron chi connectivity index (χ2n) is 9.31. The summed E-state index contributed by atoms with van der Waals surface area (Å²) in [5.74, 6) is -0.110.